The van der Waals surface area contributed by atoms with Crippen LogP contribution in [0.4, 0.5) is 0 Å². The Bertz CT molecular complexity index is 458. The fourth-order valence-electron chi connectivity index (χ4n) is 1.89. The molecule has 5 nitrogen and oxygen atoms in total. The molecule has 0 aromatic heterocycles. The lowest BCUT2D eigenvalue weighted by atomic mass is 9.88. The Morgan fingerprint density at radius 2 is 2.20 bits per heavy atom. The minimum atomic E-state index is -0.324. The number of hydrogen-bond acceptors (Lipinski definition) is 4. The molecule has 0 fully saturated rings. The number of nitrogens with zero attached hydrogens (tertiary/aromatic N) is 1. The molecule has 112 valence electrons. The van der Waals surface area contributed by atoms with Gasteiger partial charge in [0.2, 0.25) is 0 Å². The Kier molecular flexibility index (Phi) is 5.82. The van der Waals surface area contributed by atoms with Crippen molar-refractivity contribution >= 4 is 5.84 Å². The van der Waals surface area contributed by atoms with Crippen molar-refractivity contribution in [3.63, 3.8) is 0 Å². The van der Waals surface area contributed by atoms with Gasteiger partial charge in [0.15, 0.2) is 0 Å². The molecule has 0 heterocycles. The molecule has 0 spiro atoms. The first-order chi connectivity index (χ1) is 9.40. The summed E-state index contributed by atoms with van der Waals surface area (Å²) >= 11 is 0. The van der Waals surface area contributed by atoms with Gasteiger partial charge in [-0.15, -0.1) is 0 Å². The standard InChI is InChI=1S/C15H25N3O2/c1-11(12-6-5-7-13(10-12)20-4)17-9-8-15(2,3)14(16)18-19/h5-7,10-11,17,19H,8-9H2,1-4H3,(H2,16,18)/t11-/m1/s1. The van der Waals surface area contributed by atoms with Crippen LogP contribution in [0, 0.1) is 5.41 Å². The fraction of sp³-hybridized carbons (Fsp3) is 0.533. The first kappa shape index (κ1) is 16.3. The van der Waals surface area contributed by atoms with Gasteiger partial charge in [0.1, 0.15) is 11.6 Å². The van der Waals surface area contributed by atoms with Gasteiger partial charge in [-0.2, -0.15) is 0 Å². The zero-order valence-electron chi connectivity index (χ0n) is 12.7. The van der Waals surface area contributed by atoms with E-state index in [2.05, 4.69) is 23.5 Å². The van der Waals surface area contributed by atoms with E-state index in [1.54, 1.807) is 7.11 Å². The molecule has 0 aliphatic heterocycles. The number of methoxy groups -OCH3 is 1. The second-order valence-electron chi connectivity index (χ2n) is 5.57. The highest BCUT2D eigenvalue weighted by molar-refractivity contribution is 5.85. The van der Waals surface area contributed by atoms with Crippen molar-refractivity contribution in [2.24, 2.45) is 16.3 Å². The molecule has 1 aromatic carbocycles. The molecular formula is C15H25N3O2. The average Bonchev–Trinajstić information content (AvgIpc) is 2.46. The van der Waals surface area contributed by atoms with Crippen molar-refractivity contribution in [2.75, 3.05) is 13.7 Å². The topological polar surface area (TPSA) is 79.9 Å². The van der Waals surface area contributed by atoms with Crippen LogP contribution in [-0.2, 0) is 0 Å². The molecule has 1 rings (SSSR count). The number of benzene rings is 1. The van der Waals surface area contributed by atoms with Crippen LogP contribution >= 0.6 is 0 Å². The van der Waals surface area contributed by atoms with Crippen molar-refractivity contribution in [1.29, 1.82) is 0 Å². The van der Waals surface area contributed by atoms with Gasteiger partial charge in [-0.05, 0) is 37.6 Å². The number of amidine groups is 1. The van der Waals surface area contributed by atoms with Crippen LogP contribution in [0.15, 0.2) is 29.4 Å². The van der Waals surface area contributed by atoms with E-state index in [9.17, 15) is 0 Å². The average molecular weight is 279 g/mol. The maximum absolute atomic E-state index is 8.74. The summed E-state index contributed by atoms with van der Waals surface area (Å²) in [5.74, 6) is 1.11. The molecule has 0 saturated heterocycles. The fourth-order valence-corrected chi connectivity index (χ4v) is 1.89. The number of oxime groups is 1. The first-order valence-corrected chi connectivity index (χ1v) is 6.76. The lowest BCUT2D eigenvalue weighted by Gasteiger charge is -2.24. The molecule has 0 bridgehead atoms. The van der Waals surface area contributed by atoms with Gasteiger partial charge >= 0.3 is 0 Å². The Morgan fingerprint density at radius 3 is 2.80 bits per heavy atom. The molecule has 0 aliphatic rings. The predicted octanol–water partition coefficient (Wildman–Crippen LogP) is 2.51. The number of nitrogens with one attached hydrogen (secondary N) is 1. The molecule has 4 N–H and O–H groups in total. The molecular weight excluding hydrogens is 254 g/mol. The lowest BCUT2D eigenvalue weighted by molar-refractivity contribution is 0.304. The van der Waals surface area contributed by atoms with Crippen molar-refractivity contribution in [3.05, 3.63) is 29.8 Å². The number of hydrogen-bond donors (Lipinski definition) is 3. The van der Waals surface area contributed by atoms with Gasteiger partial charge in [0.25, 0.3) is 0 Å². The van der Waals surface area contributed by atoms with Gasteiger partial charge in [-0.1, -0.05) is 31.1 Å². The van der Waals surface area contributed by atoms with Crippen LogP contribution in [0.2, 0.25) is 0 Å². The minimum Gasteiger partial charge on any atom is -0.497 e. The Labute approximate surface area is 120 Å². The summed E-state index contributed by atoms with van der Waals surface area (Å²) < 4.78 is 5.22. The molecule has 0 radical (unpaired) electrons. The summed E-state index contributed by atoms with van der Waals surface area (Å²) in [5.41, 5.74) is 6.52. The molecule has 5 heteroatoms. The molecule has 1 aromatic rings. The van der Waals surface area contributed by atoms with Crippen molar-refractivity contribution < 1.29 is 9.94 Å². The number of rotatable bonds is 7. The second kappa shape index (κ2) is 7.14. The highest BCUT2D eigenvalue weighted by atomic mass is 16.5. The summed E-state index contributed by atoms with van der Waals surface area (Å²) in [4.78, 5) is 0. The molecule has 1 atom stereocenters. The molecule has 0 unspecified atom stereocenters. The summed E-state index contributed by atoms with van der Waals surface area (Å²) in [6.45, 7) is 6.80. The van der Waals surface area contributed by atoms with Gasteiger partial charge in [0, 0.05) is 11.5 Å². The second-order valence-corrected chi connectivity index (χ2v) is 5.57. The van der Waals surface area contributed by atoms with Gasteiger partial charge in [0.05, 0.1) is 7.11 Å². The van der Waals surface area contributed by atoms with Crippen LogP contribution in [0.25, 0.3) is 0 Å². The van der Waals surface area contributed by atoms with Crippen molar-refractivity contribution in [1.82, 2.24) is 5.32 Å². The molecule has 0 saturated carbocycles. The van der Waals surface area contributed by atoms with E-state index in [4.69, 9.17) is 15.7 Å². The third kappa shape index (κ3) is 4.42. The predicted molar refractivity (Wildman–Crippen MR) is 81.2 cm³/mol. The lowest BCUT2D eigenvalue weighted by Crippen LogP contribution is -2.35. The van der Waals surface area contributed by atoms with Crippen molar-refractivity contribution in [3.8, 4) is 5.75 Å². The summed E-state index contributed by atoms with van der Waals surface area (Å²) in [6, 6.07) is 8.21. The SMILES string of the molecule is COc1cccc([C@@H](C)NCCC(C)(C)/C(N)=N/O)c1. The Morgan fingerprint density at radius 1 is 1.50 bits per heavy atom. The summed E-state index contributed by atoms with van der Waals surface area (Å²) in [6.07, 6.45) is 0.789. The third-order valence-corrected chi connectivity index (χ3v) is 3.60. The zero-order chi connectivity index (χ0) is 15.2. The monoisotopic (exact) mass is 279 g/mol. The minimum absolute atomic E-state index is 0.216. The van der Waals surface area contributed by atoms with E-state index in [1.165, 1.54) is 5.56 Å². The number of nitrogens with two attached hydrogens (primary N) is 1. The van der Waals surface area contributed by atoms with Crippen LogP contribution in [-0.4, -0.2) is 24.7 Å². The van der Waals surface area contributed by atoms with Crippen LogP contribution in [0.5, 0.6) is 5.75 Å². The van der Waals surface area contributed by atoms with Crippen LogP contribution < -0.4 is 15.8 Å². The highest BCUT2D eigenvalue weighted by Crippen LogP contribution is 2.22. The Hall–Kier alpha value is -1.75. The molecule has 0 amide bonds. The van der Waals surface area contributed by atoms with E-state index in [0.29, 0.717) is 0 Å². The summed E-state index contributed by atoms with van der Waals surface area (Å²) in [7, 11) is 1.66. The van der Waals surface area contributed by atoms with Gasteiger partial charge < -0.3 is 21.0 Å². The van der Waals surface area contributed by atoms with E-state index >= 15 is 0 Å². The van der Waals surface area contributed by atoms with E-state index in [1.807, 2.05) is 32.0 Å². The quantitative estimate of drug-likeness (QED) is 0.310. The third-order valence-electron chi connectivity index (χ3n) is 3.60. The van der Waals surface area contributed by atoms with E-state index < -0.39 is 0 Å². The maximum Gasteiger partial charge on any atom is 0.144 e. The van der Waals surface area contributed by atoms with Crippen LogP contribution in [0.1, 0.15) is 38.8 Å². The normalized spacial score (nSPS) is 14.1. The maximum atomic E-state index is 8.74. The molecule has 0 aliphatic carbocycles. The first-order valence-electron chi connectivity index (χ1n) is 6.76. The van der Waals surface area contributed by atoms with E-state index in [0.717, 1.165) is 18.7 Å². The zero-order valence-corrected chi connectivity index (χ0v) is 12.7. The highest BCUT2D eigenvalue weighted by Gasteiger charge is 2.23. The van der Waals surface area contributed by atoms with Crippen LogP contribution in [0.3, 0.4) is 0 Å². The van der Waals surface area contributed by atoms with E-state index in [-0.39, 0.29) is 17.3 Å². The largest absolute Gasteiger partial charge is 0.497 e. The summed E-state index contributed by atoms with van der Waals surface area (Å²) in [5, 5.41) is 15.3. The van der Waals surface area contributed by atoms with Gasteiger partial charge in [-0.3, -0.25) is 0 Å². The smallest absolute Gasteiger partial charge is 0.144 e. The Balaban J connectivity index is 2.53. The number of ether oxygens (including phenoxy) is 1. The molecule has 20 heavy (non-hydrogen) atoms. The van der Waals surface area contributed by atoms with Gasteiger partial charge in [-0.25, -0.2) is 0 Å². The van der Waals surface area contributed by atoms with Crippen molar-refractivity contribution in [2.45, 2.75) is 33.2 Å².